The molecule has 0 atom stereocenters. The number of nitrogens with two attached hydrogens (primary N) is 1. The Kier molecular flexibility index (Phi) is 2.88. The number of hydrogen-bond acceptors (Lipinski definition) is 2. The molecule has 0 saturated heterocycles. The fraction of sp³-hybridized carbons (Fsp3) is 0.333. The zero-order chi connectivity index (χ0) is 10.8. The molecule has 0 saturated carbocycles. The van der Waals surface area contributed by atoms with Gasteiger partial charge in [-0.15, -0.1) is 0 Å². The summed E-state index contributed by atoms with van der Waals surface area (Å²) < 4.78 is 36.1. The number of anilines is 2. The molecule has 0 unspecified atom stereocenters. The molecular weight excluding hydrogens is 193 g/mol. The zero-order valence-electron chi connectivity index (χ0n) is 7.65. The Hall–Kier alpha value is -1.39. The highest BCUT2D eigenvalue weighted by Crippen LogP contribution is 2.26. The van der Waals surface area contributed by atoms with Gasteiger partial charge in [-0.2, -0.15) is 13.2 Å². The van der Waals surface area contributed by atoms with Gasteiger partial charge >= 0.3 is 6.18 Å². The monoisotopic (exact) mass is 204 g/mol. The maximum absolute atomic E-state index is 12.0. The highest BCUT2D eigenvalue weighted by atomic mass is 19.4. The first-order chi connectivity index (χ1) is 6.42. The van der Waals surface area contributed by atoms with Crippen LogP contribution in [0.4, 0.5) is 24.5 Å². The van der Waals surface area contributed by atoms with Crippen LogP contribution in [0.1, 0.15) is 5.56 Å². The van der Waals surface area contributed by atoms with Crippen molar-refractivity contribution in [1.29, 1.82) is 0 Å². The summed E-state index contributed by atoms with van der Waals surface area (Å²) in [6.07, 6.45) is -5.20. The van der Waals surface area contributed by atoms with E-state index in [-0.39, 0.29) is 11.3 Å². The van der Waals surface area contributed by atoms with Gasteiger partial charge in [-0.1, -0.05) is 6.07 Å². The van der Waals surface area contributed by atoms with E-state index < -0.39 is 12.6 Å². The lowest BCUT2D eigenvalue weighted by atomic mass is 10.1. The Labute approximate surface area is 79.9 Å². The molecule has 0 fully saturated rings. The van der Waals surface area contributed by atoms with Crippen LogP contribution < -0.4 is 11.1 Å². The summed E-state index contributed by atoms with van der Waals surface area (Å²) in [7, 11) is 1.68. The van der Waals surface area contributed by atoms with Gasteiger partial charge in [0, 0.05) is 18.4 Å². The summed E-state index contributed by atoms with van der Waals surface area (Å²) in [6.45, 7) is 0. The van der Waals surface area contributed by atoms with Crippen LogP contribution in [0.2, 0.25) is 0 Å². The second-order valence-electron chi connectivity index (χ2n) is 2.96. The Morgan fingerprint density at radius 2 is 2.00 bits per heavy atom. The maximum atomic E-state index is 12.0. The summed E-state index contributed by atoms with van der Waals surface area (Å²) >= 11 is 0. The molecule has 1 rings (SSSR count). The van der Waals surface area contributed by atoms with Gasteiger partial charge in [0.1, 0.15) is 0 Å². The van der Waals surface area contributed by atoms with Gasteiger partial charge in [0.15, 0.2) is 0 Å². The third kappa shape index (κ3) is 2.83. The molecule has 0 radical (unpaired) electrons. The molecule has 14 heavy (non-hydrogen) atoms. The standard InChI is InChI=1S/C9H11F3N2/c1-14-7-3-2-6(8(13)4-7)5-9(10,11)12/h2-4,14H,5,13H2,1H3. The van der Waals surface area contributed by atoms with Gasteiger partial charge in [-0.3, -0.25) is 0 Å². The highest BCUT2D eigenvalue weighted by molar-refractivity contribution is 5.58. The van der Waals surface area contributed by atoms with E-state index in [0.717, 1.165) is 0 Å². The van der Waals surface area contributed by atoms with Gasteiger partial charge < -0.3 is 11.1 Å². The molecule has 0 bridgehead atoms. The van der Waals surface area contributed by atoms with E-state index in [1.54, 1.807) is 13.1 Å². The molecule has 2 nitrogen and oxygen atoms in total. The number of nitrogens with one attached hydrogen (secondary N) is 1. The molecule has 78 valence electrons. The first-order valence-electron chi connectivity index (χ1n) is 4.05. The lowest BCUT2D eigenvalue weighted by molar-refractivity contribution is -0.127. The molecule has 0 aliphatic rings. The summed E-state index contributed by atoms with van der Waals surface area (Å²) in [5.41, 5.74) is 6.44. The second-order valence-corrected chi connectivity index (χ2v) is 2.96. The first kappa shape index (κ1) is 10.7. The molecule has 0 aliphatic carbocycles. The van der Waals surface area contributed by atoms with E-state index in [0.29, 0.717) is 5.69 Å². The molecule has 0 amide bonds. The number of alkyl halides is 3. The topological polar surface area (TPSA) is 38.0 Å². The maximum Gasteiger partial charge on any atom is 0.393 e. The molecular formula is C9H11F3N2. The number of nitrogen functional groups attached to an aromatic ring is 1. The fourth-order valence-electron chi connectivity index (χ4n) is 1.13. The van der Waals surface area contributed by atoms with Crippen LogP contribution in [0.3, 0.4) is 0 Å². The van der Waals surface area contributed by atoms with Gasteiger partial charge in [-0.05, 0) is 17.7 Å². The van der Waals surface area contributed by atoms with E-state index in [1.165, 1.54) is 12.1 Å². The average molecular weight is 204 g/mol. The van der Waals surface area contributed by atoms with Crippen LogP contribution >= 0.6 is 0 Å². The van der Waals surface area contributed by atoms with Crippen LogP contribution in [0.25, 0.3) is 0 Å². The summed E-state index contributed by atoms with van der Waals surface area (Å²) in [5, 5.41) is 2.80. The summed E-state index contributed by atoms with van der Waals surface area (Å²) in [4.78, 5) is 0. The molecule has 0 heterocycles. The van der Waals surface area contributed by atoms with Crippen molar-refractivity contribution in [3.63, 3.8) is 0 Å². The van der Waals surface area contributed by atoms with Crippen LogP contribution in [0, 0.1) is 0 Å². The van der Waals surface area contributed by atoms with Crippen LogP contribution in [-0.2, 0) is 6.42 Å². The number of benzene rings is 1. The molecule has 1 aromatic rings. The van der Waals surface area contributed by atoms with Crippen molar-refractivity contribution in [3.05, 3.63) is 23.8 Å². The van der Waals surface area contributed by atoms with Gasteiger partial charge in [0.25, 0.3) is 0 Å². The lowest BCUT2D eigenvalue weighted by Gasteiger charge is -2.10. The SMILES string of the molecule is CNc1ccc(CC(F)(F)F)c(N)c1. The lowest BCUT2D eigenvalue weighted by Crippen LogP contribution is -2.13. The van der Waals surface area contributed by atoms with Gasteiger partial charge in [-0.25, -0.2) is 0 Å². The molecule has 0 spiro atoms. The summed E-state index contributed by atoms with van der Waals surface area (Å²) in [6, 6.07) is 4.44. The van der Waals surface area contributed by atoms with Crippen LogP contribution in [0.5, 0.6) is 0 Å². The minimum Gasteiger partial charge on any atom is -0.398 e. The van der Waals surface area contributed by atoms with Gasteiger partial charge in [0.05, 0.1) is 6.42 Å². The van der Waals surface area contributed by atoms with Crippen molar-refractivity contribution in [3.8, 4) is 0 Å². The first-order valence-corrected chi connectivity index (χ1v) is 4.05. The van der Waals surface area contributed by atoms with Crippen molar-refractivity contribution < 1.29 is 13.2 Å². The van der Waals surface area contributed by atoms with Crippen molar-refractivity contribution in [1.82, 2.24) is 0 Å². The van der Waals surface area contributed by atoms with Gasteiger partial charge in [0.2, 0.25) is 0 Å². The van der Waals surface area contributed by atoms with Crippen molar-refractivity contribution in [2.24, 2.45) is 0 Å². The Balaban J connectivity index is 2.89. The summed E-state index contributed by atoms with van der Waals surface area (Å²) in [5.74, 6) is 0. The minimum atomic E-state index is -4.21. The average Bonchev–Trinajstić information content (AvgIpc) is 2.06. The molecule has 5 heteroatoms. The van der Waals surface area contributed by atoms with Crippen molar-refractivity contribution in [2.45, 2.75) is 12.6 Å². The fourth-order valence-corrected chi connectivity index (χ4v) is 1.13. The third-order valence-corrected chi connectivity index (χ3v) is 1.83. The number of hydrogen-bond donors (Lipinski definition) is 2. The number of halogens is 3. The van der Waals surface area contributed by atoms with Crippen molar-refractivity contribution in [2.75, 3.05) is 18.1 Å². The Morgan fingerprint density at radius 3 is 2.43 bits per heavy atom. The molecule has 3 N–H and O–H groups in total. The Morgan fingerprint density at radius 1 is 1.36 bits per heavy atom. The van der Waals surface area contributed by atoms with E-state index >= 15 is 0 Å². The predicted octanol–water partition coefficient (Wildman–Crippen LogP) is 2.42. The largest absolute Gasteiger partial charge is 0.398 e. The molecule has 0 aromatic heterocycles. The second kappa shape index (κ2) is 3.77. The van der Waals surface area contributed by atoms with E-state index in [1.807, 2.05) is 0 Å². The van der Waals surface area contributed by atoms with E-state index in [2.05, 4.69) is 5.32 Å². The third-order valence-electron chi connectivity index (χ3n) is 1.83. The smallest absolute Gasteiger partial charge is 0.393 e. The van der Waals surface area contributed by atoms with Crippen LogP contribution in [-0.4, -0.2) is 13.2 Å². The number of rotatable bonds is 2. The Bertz CT molecular complexity index is 320. The van der Waals surface area contributed by atoms with Crippen molar-refractivity contribution >= 4 is 11.4 Å². The quantitative estimate of drug-likeness (QED) is 0.726. The minimum absolute atomic E-state index is 0.108. The highest BCUT2D eigenvalue weighted by Gasteiger charge is 2.28. The molecule has 1 aromatic carbocycles. The van der Waals surface area contributed by atoms with E-state index in [4.69, 9.17) is 5.73 Å². The predicted molar refractivity (Wildman–Crippen MR) is 50.2 cm³/mol. The van der Waals surface area contributed by atoms with E-state index in [9.17, 15) is 13.2 Å². The normalized spacial score (nSPS) is 11.4. The van der Waals surface area contributed by atoms with Crippen LogP contribution in [0.15, 0.2) is 18.2 Å². The zero-order valence-corrected chi connectivity index (χ0v) is 7.65. The molecule has 0 aliphatic heterocycles.